The van der Waals surface area contributed by atoms with E-state index in [1.807, 2.05) is 0 Å². The summed E-state index contributed by atoms with van der Waals surface area (Å²) in [6, 6.07) is 3.13. The summed E-state index contributed by atoms with van der Waals surface area (Å²) in [5, 5.41) is 4.80. The predicted molar refractivity (Wildman–Crippen MR) is 93.9 cm³/mol. The van der Waals surface area contributed by atoms with Crippen LogP contribution < -0.4 is 10.6 Å². The second-order valence-electron chi connectivity index (χ2n) is 7.08. The molecule has 26 heavy (non-hydrogen) atoms. The van der Waals surface area contributed by atoms with Crippen molar-refractivity contribution in [1.82, 2.24) is 5.32 Å². The van der Waals surface area contributed by atoms with E-state index in [0.717, 1.165) is 44.2 Å². The number of halogens is 4. The molecule has 0 unspecified atom stereocenters. The van der Waals surface area contributed by atoms with E-state index < -0.39 is 34.0 Å². The van der Waals surface area contributed by atoms with Crippen molar-refractivity contribution in [2.24, 2.45) is 5.41 Å². The molecular formula is C18H22ClF3N2O2. The zero-order chi connectivity index (χ0) is 19.5. The van der Waals surface area contributed by atoms with Crippen LogP contribution in [0.5, 0.6) is 0 Å². The first-order valence-corrected chi connectivity index (χ1v) is 8.89. The number of benzene rings is 1. The van der Waals surface area contributed by atoms with Gasteiger partial charge in [0.25, 0.3) is 0 Å². The lowest BCUT2D eigenvalue weighted by molar-refractivity contribution is -0.139. The molecule has 8 heteroatoms. The maximum absolute atomic E-state index is 12.9. The highest BCUT2D eigenvalue weighted by atomic mass is 35.5. The second-order valence-corrected chi connectivity index (χ2v) is 7.49. The van der Waals surface area contributed by atoms with E-state index in [1.165, 1.54) is 19.9 Å². The normalized spacial score (nSPS) is 16.2. The number of hydrogen-bond donors (Lipinski definition) is 2. The molecular weight excluding hydrogens is 369 g/mol. The van der Waals surface area contributed by atoms with E-state index in [0.29, 0.717) is 0 Å². The molecule has 1 aromatic carbocycles. The lowest BCUT2D eigenvalue weighted by atomic mass is 9.88. The highest BCUT2D eigenvalue weighted by Gasteiger charge is 2.38. The Balaban J connectivity index is 2.08. The van der Waals surface area contributed by atoms with Crippen molar-refractivity contribution in [3.05, 3.63) is 28.8 Å². The van der Waals surface area contributed by atoms with Crippen molar-refractivity contribution in [3.8, 4) is 0 Å². The molecule has 0 heterocycles. The third-order valence-corrected chi connectivity index (χ3v) is 4.93. The van der Waals surface area contributed by atoms with Crippen LogP contribution in [0.4, 0.5) is 18.9 Å². The summed E-state index contributed by atoms with van der Waals surface area (Å²) < 4.78 is 38.8. The maximum atomic E-state index is 12.9. The predicted octanol–water partition coefficient (Wildman–Crippen LogP) is 4.77. The van der Waals surface area contributed by atoms with Gasteiger partial charge in [0.1, 0.15) is 5.41 Å². The lowest BCUT2D eigenvalue weighted by Gasteiger charge is -2.28. The van der Waals surface area contributed by atoms with Crippen molar-refractivity contribution in [2.75, 3.05) is 5.32 Å². The van der Waals surface area contributed by atoms with E-state index in [1.54, 1.807) is 0 Å². The minimum atomic E-state index is -4.63. The Labute approximate surface area is 155 Å². The smallest absolute Gasteiger partial charge is 0.352 e. The van der Waals surface area contributed by atoms with Gasteiger partial charge >= 0.3 is 6.18 Å². The maximum Gasteiger partial charge on any atom is 0.417 e. The molecule has 1 aliphatic rings. The van der Waals surface area contributed by atoms with Gasteiger partial charge in [-0.15, -0.1) is 0 Å². The fourth-order valence-corrected chi connectivity index (χ4v) is 3.05. The van der Waals surface area contributed by atoms with Crippen molar-refractivity contribution < 1.29 is 22.8 Å². The number of anilines is 1. The van der Waals surface area contributed by atoms with E-state index >= 15 is 0 Å². The molecule has 0 saturated heterocycles. The van der Waals surface area contributed by atoms with Gasteiger partial charge in [0.05, 0.1) is 10.6 Å². The molecule has 4 nitrogen and oxygen atoms in total. The van der Waals surface area contributed by atoms with Gasteiger partial charge in [-0.25, -0.2) is 0 Å². The summed E-state index contributed by atoms with van der Waals surface area (Å²) >= 11 is 5.57. The molecule has 1 aliphatic carbocycles. The van der Waals surface area contributed by atoms with Crippen LogP contribution in [0.3, 0.4) is 0 Å². The van der Waals surface area contributed by atoms with E-state index in [-0.39, 0.29) is 11.7 Å². The quantitative estimate of drug-likeness (QED) is 0.727. The Morgan fingerprint density at radius 3 is 2.27 bits per heavy atom. The first-order valence-electron chi connectivity index (χ1n) is 8.51. The summed E-state index contributed by atoms with van der Waals surface area (Å²) in [5.74, 6) is -1.12. The van der Waals surface area contributed by atoms with E-state index in [2.05, 4.69) is 10.6 Å². The molecule has 1 aromatic rings. The molecule has 0 spiro atoms. The SMILES string of the molecule is CC(C)(C(=O)Nc1ccc(Cl)c(C(F)(F)F)c1)C(=O)NC1CCCCC1. The van der Waals surface area contributed by atoms with Gasteiger partial charge in [-0.2, -0.15) is 13.2 Å². The largest absolute Gasteiger partial charge is 0.417 e. The van der Waals surface area contributed by atoms with Crippen LogP contribution in [0.1, 0.15) is 51.5 Å². The van der Waals surface area contributed by atoms with Crippen LogP contribution in [-0.4, -0.2) is 17.9 Å². The van der Waals surface area contributed by atoms with E-state index in [4.69, 9.17) is 11.6 Å². The van der Waals surface area contributed by atoms with Gasteiger partial charge < -0.3 is 10.6 Å². The number of hydrogen-bond acceptors (Lipinski definition) is 2. The standard InChI is InChI=1S/C18H22ClF3N2O2/c1-17(2,15(25)23-11-6-4-3-5-7-11)16(26)24-12-8-9-14(19)13(10-12)18(20,21)22/h8-11H,3-7H2,1-2H3,(H,23,25)(H,24,26). The molecule has 0 radical (unpaired) electrons. The summed E-state index contributed by atoms with van der Waals surface area (Å²) in [5.41, 5.74) is -2.53. The Kier molecular flexibility index (Phi) is 6.21. The highest BCUT2D eigenvalue weighted by Crippen LogP contribution is 2.36. The number of amides is 2. The van der Waals surface area contributed by atoms with Crippen molar-refractivity contribution in [1.29, 1.82) is 0 Å². The topological polar surface area (TPSA) is 58.2 Å². The average Bonchev–Trinajstić information content (AvgIpc) is 2.56. The fourth-order valence-electron chi connectivity index (χ4n) is 2.82. The third kappa shape index (κ3) is 4.90. The van der Waals surface area contributed by atoms with Crippen LogP contribution in [0.2, 0.25) is 5.02 Å². The summed E-state index contributed by atoms with van der Waals surface area (Å²) in [7, 11) is 0. The van der Waals surface area contributed by atoms with Gasteiger partial charge in [0.2, 0.25) is 11.8 Å². The number of alkyl halides is 3. The lowest BCUT2D eigenvalue weighted by Crippen LogP contribution is -2.49. The molecule has 144 valence electrons. The minimum Gasteiger partial charge on any atom is -0.352 e. The molecule has 0 bridgehead atoms. The Morgan fingerprint density at radius 1 is 1.08 bits per heavy atom. The number of nitrogens with one attached hydrogen (secondary N) is 2. The molecule has 2 rings (SSSR count). The molecule has 2 amide bonds. The van der Waals surface area contributed by atoms with Crippen LogP contribution in [0.25, 0.3) is 0 Å². The highest BCUT2D eigenvalue weighted by molar-refractivity contribution is 6.31. The Morgan fingerprint density at radius 2 is 1.69 bits per heavy atom. The first-order chi connectivity index (χ1) is 12.0. The molecule has 0 aliphatic heterocycles. The molecule has 0 aromatic heterocycles. The third-order valence-electron chi connectivity index (χ3n) is 4.61. The van der Waals surface area contributed by atoms with Gasteiger partial charge in [0, 0.05) is 11.7 Å². The summed E-state index contributed by atoms with van der Waals surface area (Å²) in [4.78, 5) is 24.9. The van der Waals surface area contributed by atoms with Crippen molar-refractivity contribution in [3.63, 3.8) is 0 Å². The summed E-state index contributed by atoms with van der Waals surface area (Å²) in [6.45, 7) is 2.89. The van der Waals surface area contributed by atoms with Gasteiger partial charge in [-0.05, 0) is 44.9 Å². The first kappa shape index (κ1) is 20.6. The Hall–Kier alpha value is -1.76. The van der Waals surface area contributed by atoms with Crippen LogP contribution in [0, 0.1) is 5.41 Å². The number of rotatable bonds is 4. The zero-order valence-electron chi connectivity index (χ0n) is 14.7. The van der Waals surface area contributed by atoms with E-state index in [9.17, 15) is 22.8 Å². The van der Waals surface area contributed by atoms with Gasteiger partial charge in [-0.1, -0.05) is 30.9 Å². The second kappa shape index (κ2) is 7.86. The molecule has 1 fully saturated rings. The van der Waals surface area contributed by atoms with Crippen molar-refractivity contribution >= 4 is 29.1 Å². The number of carbonyl (C=O) groups excluding carboxylic acids is 2. The molecule has 1 saturated carbocycles. The van der Waals surface area contributed by atoms with Crippen LogP contribution in [-0.2, 0) is 15.8 Å². The van der Waals surface area contributed by atoms with Crippen molar-refractivity contribution in [2.45, 2.75) is 58.2 Å². The fraction of sp³-hybridized carbons (Fsp3) is 0.556. The van der Waals surface area contributed by atoms with Gasteiger partial charge in [0.15, 0.2) is 0 Å². The zero-order valence-corrected chi connectivity index (χ0v) is 15.4. The monoisotopic (exact) mass is 390 g/mol. The van der Waals surface area contributed by atoms with Gasteiger partial charge in [-0.3, -0.25) is 9.59 Å². The minimum absolute atomic E-state index is 0.0377. The molecule has 2 N–H and O–H groups in total. The summed E-state index contributed by atoms with van der Waals surface area (Å²) in [6.07, 6.45) is 0.302. The van der Waals surface area contributed by atoms with Crippen LogP contribution in [0.15, 0.2) is 18.2 Å². The Bertz CT molecular complexity index is 684. The average molecular weight is 391 g/mol. The molecule has 0 atom stereocenters. The number of carbonyl (C=O) groups is 2. The van der Waals surface area contributed by atoms with Crippen LogP contribution >= 0.6 is 11.6 Å².